The maximum Gasteiger partial charge on any atom is 0.306 e. The molecule has 0 aromatic rings. The van der Waals surface area contributed by atoms with Crippen LogP contribution in [-0.2, 0) is 9.53 Å². The van der Waals surface area contributed by atoms with Gasteiger partial charge in [0.25, 0.3) is 0 Å². The van der Waals surface area contributed by atoms with Crippen LogP contribution in [0.15, 0.2) is 12.2 Å². The van der Waals surface area contributed by atoms with Crippen molar-refractivity contribution in [2.24, 2.45) is 0 Å². The highest BCUT2D eigenvalue weighted by molar-refractivity contribution is 5.69. The summed E-state index contributed by atoms with van der Waals surface area (Å²) in [5.74, 6) is -0.00796. The first-order valence-electron chi connectivity index (χ1n) is 6.17. The van der Waals surface area contributed by atoms with Gasteiger partial charge in [-0.2, -0.15) is 0 Å². The van der Waals surface area contributed by atoms with E-state index < -0.39 is 0 Å². The van der Waals surface area contributed by atoms with Crippen LogP contribution in [0.25, 0.3) is 0 Å². The van der Waals surface area contributed by atoms with Crippen molar-refractivity contribution < 1.29 is 9.53 Å². The summed E-state index contributed by atoms with van der Waals surface area (Å²) < 4.78 is 5.46. The van der Waals surface area contributed by atoms with E-state index in [0.29, 0.717) is 6.42 Å². The molecule has 2 heteroatoms. The second-order valence-corrected chi connectivity index (χ2v) is 4.20. The first kappa shape index (κ1) is 12.3. The van der Waals surface area contributed by atoms with Crippen LogP contribution in [0.3, 0.4) is 0 Å². The summed E-state index contributed by atoms with van der Waals surface area (Å²) in [7, 11) is 0. The molecule has 0 saturated heterocycles. The van der Waals surface area contributed by atoms with E-state index in [-0.39, 0.29) is 12.1 Å². The third-order valence-electron chi connectivity index (χ3n) is 2.75. The second kappa shape index (κ2) is 7.49. The van der Waals surface area contributed by atoms with E-state index in [1.807, 2.05) is 0 Å². The standard InChI is InChI=1S/C13H22O2/c1-2-3-11-13(14)15-12-9-7-5-4-6-8-10-12/h4-5,12H,2-3,6-11H2,1H3/t12-/m0/s1. The van der Waals surface area contributed by atoms with Crippen LogP contribution in [0.4, 0.5) is 0 Å². The number of carbonyl (C=O) groups excluding carboxylic acids is 1. The van der Waals surface area contributed by atoms with Crippen LogP contribution in [0.1, 0.15) is 58.3 Å². The van der Waals surface area contributed by atoms with Gasteiger partial charge in [0.2, 0.25) is 0 Å². The summed E-state index contributed by atoms with van der Waals surface area (Å²) in [4.78, 5) is 11.4. The molecular formula is C13H22O2. The van der Waals surface area contributed by atoms with E-state index in [9.17, 15) is 4.79 Å². The van der Waals surface area contributed by atoms with E-state index >= 15 is 0 Å². The fourth-order valence-electron chi connectivity index (χ4n) is 1.81. The number of rotatable bonds is 4. The molecule has 2 nitrogen and oxygen atoms in total. The summed E-state index contributed by atoms with van der Waals surface area (Å²) in [5.41, 5.74) is 0. The Morgan fingerprint density at radius 2 is 2.13 bits per heavy atom. The zero-order valence-corrected chi connectivity index (χ0v) is 9.71. The first-order valence-corrected chi connectivity index (χ1v) is 6.17. The molecule has 0 aliphatic heterocycles. The topological polar surface area (TPSA) is 26.3 Å². The highest BCUT2D eigenvalue weighted by atomic mass is 16.5. The molecule has 15 heavy (non-hydrogen) atoms. The number of unbranched alkanes of at least 4 members (excludes halogenated alkanes) is 1. The Labute approximate surface area is 92.7 Å². The summed E-state index contributed by atoms with van der Waals surface area (Å²) in [5, 5.41) is 0. The van der Waals surface area contributed by atoms with Crippen LogP contribution in [0.5, 0.6) is 0 Å². The maximum absolute atomic E-state index is 11.4. The maximum atomic E-state index is 11.4. The van der Waals surface area contributed by atoms with Crippen molar-refractivity contribution in [3.8, 4) is 0 Å². The molecule has 0 heterocycles. The van der Waals surface area contributed by atoms with Crippen molar-refractivity contribution in [2.75, 3.05) is 0 Å². The average molecular weight is 210 g/mol. The van der Waals surface area contributed by atoms with E-state index in [1.54, 1.807) is 0 Å². The Hall–Kier alpha value is -0.790. The van der Waals surface area contributed by atoms with Crippen LogP contribution in [0, 0.1) is 0 Å². The Morgan fingerprint density at radius 1 is 1.33 bits per heavy atom. The van der Waals surface area contributed by atoms with Gasteiger partial charge < -0.3 is 4.74 Å². The van der Waals surface area contributed by atoms with Crippen molar-refractivity contribution in [2.45, 2.75) is 64.4 Å². The highest BCUT2D eigenvalue weighted by Crippen LogP contribution is 2.16. The van der Waals surface area contributed by atoms with Gasteiger partial charge in [-0.1, -0.05) is 25.5 Å². The molecule has 1 atom stereocenters. The molecule has 0 saturated carbocycles. The van der Waals surface area contributed by atoms with Crippen LogP contribution in [0.2, 0.25) is 0 Å². The van der Waals surface area contributed by atoms with Gasteiger partial charge in [0.05, 0.1) is 0 Å². The van der Waals surface area contributed by atoms with Crippen molar-refractivity contribution >= 4 is 5.97 Å². The fourth-order valence-corrected chi connectivity index (χ4v) is 1.81. The van der Waals surface area contributed by atoms with Gasteiger partial charge in [-0.15, -0.1) is 0 Å². The molecule has 86 valence electrons. The van der Waals surface area contributed by atoms with Gasteiger partial charge in [-0.3, -0.25) is 4.79 Å². The lowest BCUT2D eigenvalue weighted by Crippen LogP contribution is -2.18. The summed E-state index contributed by atoms with van der Waals surface area (Å²) in [6.07, 6.45) is 12.5. The molecule has 1 aliphatic rings. The summed E-state index contributed by atoms with van der Waals surface area (Å²) >= 11 is 0. The number of allylic oxidation sites excluding steroid dienone is 2. The number of carbonyl (C=O) groups is 1. The monoisotopic (exact) mass is 210 g/mol. The van der Waals surface area contributed by atoms with E-state index in [2.05, 4.69) is 19.1 Å². The zero-order valence-electron chi connectivity index (χ0n) is 9.71. The van der Waals surface area contributed by atoms with E-state index in [4.69, 9.17) is 4.74 Å². The minimum absolute atomic E-state index is 0.00796. The lowest BCUT2D eigenvalue weighted by molar-refractivity contribution is -0.149. The SMILES string of the molecule is CCCCC(=O)O[C@H]1CCC=CCCC1. The first-order chi connectivity index (χ1) is 7.33. The largest absolute Gasteiger partial charge is 0.462 e. The van der Waals surface area contributed by atoms with Gasteiger partial charge in [0.1, 0.15) is 6.10 Å². The predicted octanol–water partition coefficient (Wildman–Crippen LogP) is 3.61. The molecular weight excluding hydrogens is 188 g/mol. The molecule has 1 rings (SSSR count). The summed E-state index contributed by atoms with van der Waals surface area (Å²) in [6.45, 7) is 2.09. The predicted molar refractivity (Wildman–Crippen MR) is 61.6 cm³/mol. The van der Waals surface area contributed by atoms with Crippen LogP contribution in [-0.4, -0.2) is 12.1 Å². The van der Waals surface area contributed by atoms with E-state index in [1.165, 1.54) is 0 Å². The van der Waals surface area contributed by atoms with Crippen molar-refractivity contribution in [3.05, 3.63) is 12.2 Å². The lowest BCUT2D eigenvalue weighted by atomic mass is 10.0. The smallest absolute Gasteiger partial charge is 0.306 e. The van der Waals surface area contributed by atoms with Crippen LogP contribution < -0.4 is 0 Å². The Balaban J connectivity index is 2.23. The third-order valence-corrected chi connectivity index (χ3v) is 2.75. The van der Waals surface area contributed by atoms with Crippen molar-refractivity contribution in [1.29, 1.82) is 0 Å². The van der Waals surface area contributed by atoms with Crippen molar-refractivity contribution in [1.82, 2.24) is 0 Å². The highest BCUT2D eigenvalue weighted by Gasteiger charge is 2.13. The number of hydrogen-bond acceptors (Lipinski definition) is 2. The average Bonchev–Trinajstić information content (AvgIpc) is 2.19. The second-order valence-electron chi connectivity index (χ2n) is 4.20. The molecule has 0 N–H and O–H groups in total. The number of esters is 1. The lowest BCUT2D eigenvalue weighted by Gasteiger charge is -2.18. The molecule has 0 amide bonds. The Bertz CT molecular complexity index is 209. The fraction of sp³-hybridized carbons (Fsp3) is 0.769. The van der Waals surface area contributed by atoms with Crippen molar-refractivity contribution in [3.63, 3.8) is 0 Å². The Kier molecular flexibility index (Phi) is 6.14. The van der Waals surface area contributed by atoms with E-state index in [0.717, 1.165) is 44.9 Å². The van der Waals surface area contributed by atoms with Gasteiger partial charge in [-0.05, 0) is 38.5 Å². The molecule has 0 bridgehead atoms. The normalized spacial score (nSPS) is 21.8. The van der Waals surface area contributed by atoms with Gasteiger partial charge in [-0.25, -0.2) is 0 Å². The molecule has 0 spiro atoms. The number of ether oxygens (including phenoxy) is 1. The molecule has 1 aliphatic carbocycles. The molecule has 0 aromatic heterocycles. The molecule has 0 aromatic carbocycles. The van der Waals surface area contributed by atoms with Gasteiger partial charge in [0.15, 0.2) is 0 Å². The third kappa shape index (κ3) is 5.60. The molecule has 0 unspecified atom stereocenters. The van der Waals surface area contributed by atoms with Gasteiger partial charge >= 0.3 is 5.97 Å². The number of hydrogen-bond donors (Lipinski definition) is 0. The summed E-state index contributed by atoms with van der Waals surface area (Å²) in [6, 6.07) is 0. The minimum atomic E-state index is -0.00796. The Morgan fingerprint density at radius 3 is 2.93 bits per heavy atom. The van der Waals surface area contributed by atoms with Gasteiger partial charge in [0, 0.05) is 6.42 Å². The quantitative estimate of drug-likeness (QED) is 0.523. The van der Waals surface area contributed by atoms with Crippen LogP contribution >= 0.6 is 0 Å². The molecule has 0 fully saturated rings. The zero-order chi connectivity index (χ0) is 10.9. The molecule has 0 radical (unpaired) electrons. The minimum Gasteiger partial charge on any atom is -0.462 e.